The number of morpholine rings is 1. The summed E-state index contributed by atoms with van der Waals surface area (Å²) in [6.07, 6.45) is 2.65. The van der Waals surface area contributed by atoms with Crippen molar-refractivity contribution < 1.29 is 9.47 Å². The topological polar surface area (TPSA) is 46.1 Å². The lowest BCUT2D eigenvalue weighted by molar-refractivity contribution is -0.0817. The molecule has 5 nitrogen and oxygen atoms in total. The second-order valence-corrected chi connectivity index (χ2v) is 7.42. The molecular formula is C21H33N3O2. The molecule has 2 aliphatic rings. The van der Waals surface area contributed by atoms with Gasteiger partial charge < -0.3 is 19.7 Å². The van der Waals surface area contributed by atoms with Crippen LogP contribution in [0.2, 0.25) is 0 Å². The average Bonchev–Trinajstić information content (AvgIpc) is 3.20. The van der Waals surface area contributed by atoms with Crippen LogP contribution in [0.3, 0.4) is 0 Å². The number of hydrogen-bond acceptors (Lipinski definition) is 3. The Morgan fingerprint density at radius 3 is 2.88 bits per heavy atom. The SMILES string of the molecule is CCNC(=NCC(C)c1cccc(C)c1)N1CCOC(C2CCCO2)C1. The molecule has 1 aromatic rings. The van der Waals surface area contributed by atoms with Gasteiger partial charge in [0.05, 0.1) is 12.7 Å². The Labute approximate surface area is 157 Å². The molecule has 2 heterocycles. The first-order valence-corrected chi connectivity index (χ1v) is 10.0. The monoisotopic (exact) mass is 359 g/mol. The number of benzene rings is 1. The molecule has 0 bridgehead atoms. The van der Waals surface area contributed by atoms with Crippen LogP contribution < -0.4 is 5.32 Å². The standard InChI is InChI=1S/C21H33N3O2/c1-4-22-21(23-14-17(3)18-8-5-7-16(2)13-18)24-10-12-26-20(15-24)19-9-6-11-25-19/h5,7-8,13,17,19-20H,4,6,9-12,14-15H2,1-3H3,(H,22,23). The highest BCUT2D eigenvalue weighted by Crippen LogP contribution is 2.21. The predicted octanol–water partition coefficient (Wildman–Crippen LogP) is 2.94. The third-order valence-corrected chi connectivity index (χ3v) is 5.23. The molecule has 0 saturated carbocycles. The van der Waals surface area contributed by atoms with Gasteiger partial charge in [0, 0.05) is 38.7 Å². The van der Waals surface area contributed by atoms with Crippen LogP contribution in [0.5, 0.6) is 0 Å². The van der Waals surface area contributed by atoms with Gasteiger partial charge in [-0.3, -0.25) is 4.99 Å². The van der Waals surface area contributed by atoms with Gasteiger partial charge in [0.15, 0.2) is 5.96 Å². The van der Waals surface area contributed by atoms with E-state index in [0.717, 1.165) is 58.2 Å². The van der Waals surface area contributed by atoms with E-state index in [1.807, 2.05) is 0 Å². The lowest BCUT2D eigenvalue weighted by Gasteiger charge is -2.37. The van der Waals surface area contributed by atoms with E-state index in [9.17, 15) is 0 Å². The number of aryl methyl sites for hydroxylation is 1. The molecule has 3 unspecified atom stereocenters. The number of hydrogen-bond donors (Lipinski definition) is 1. The van der Waals surface area contributed by atoms with Crippen molar-refractivity contribution in [2.75, 3.05) is 39.4 Å². The van der Waals surface area contributed by atoms with Gasteiger partial charge in [0.25, 0.3) is 0 Å². The van der Waals surface area contributed by atoms with Crippen molar-refractivity contribution in [1.29, 1.82) is 0 Å². The van der Waals surface area contributed by atoms with Gasteiger partial charge in [-0.25, -0.2) is 0 Å². The summed E-state index contributed by atoms with van der Waals surface area (Å²) in [6, 6.07) is 8.73. The molecule has 0 radical (unpaired) electrons. The minimum atomic E-state index is 0.157. The van der Waals surface area contributed by atoms with Crippen molar-refractivity contribution in [2.24, 2.45) is 4.99 Å². The van der Waals surface area contributed by atoms with Crippen molar-refractivity contribution in [2.45, 2.75) is 51.7 Å². The first-order valence-electron chi connectivity index (χ1n) is 10.0. The van der Waals surface area contributed by atoms with E-state index in [4.69, 9.17) is 14.5 Å². The summed E-state index contributed by atoms with van der Waals surface area (Å²) >= 11 is 0. The average molecular weight is 360 g/mol. The molecule has 0 spiro atoms. The van der Waals surface area contributed by atoms with Gasteiger partial charge >= 0.3 is 0 Å². The first kappa shape index (κ1) is 19.2. The first-order chi connectivity index (χ1) is 12.7. The van der Waals surface area contributed by atoms with Crippen molar-refractivity contribution in [1.82, 2.24) is 10.2 Å². The van der Waals surface area contributed by atoms with Crippen LogP contribution in [0.1, 0.15) is 43.7 Å². The maximum atomic E-state index is 5.98. The van der Waals surface area contributed by atoms with E-state index in [-0.39, 0.29) is 12.2 Å². The van der Waals surface area contributed by atoms with Crippen molar-refractivity contribution >= 4 is 5.96 Å². The second kappa shape index (κ2) is 9.38. The predicted molar refractivity (Wildman–Crippen MR) is 106 cm³/mol. The normalized spacial score (nSPS) is 25.3. The van der Waals surface area contributed by atoms with Crippen LogP contribution >= 0.6 is 0 Å². The van der Waals surface area contributed by atoms with Crippen LogP contribution in [0, 0.1) is 6.92 Å². The number of guanidine groups is 1. The second-order valence-electron chi connectivity index (χ2n) is 7.42. The van der Waals surface area contributed by atoms with Crippen molar-refractivity contribution in [3.63, 3.8) is 0 Å². The minimum Gasteiger partial charge on any atom is -0.375 e. The summed E-state index contributed by atoms with van der Waals surface area (Å²) < 4.78 is 11.8. The minimum absolute atomic E-state index is 0.157. The highest BCUT2D eigenvalue weighted by Gasteiger charge is 2.32. The molecule has 0 aromatic heterocycles. The van der Waals surface area contributed by atoms with E-state index in [1.54, 1.807) is 0 Å². The highest BCUT2D eigenvalue weighted by molar-refractivity contribution is 5.80. The number of rotatable bonds is 5. The maximum absolute atomic E-state index is 5.98. The molecule has 3 atom stereocenters. The van der Waals surface area contributed by atoms with Gasteiger partial charge in [-0.05, 0) is 32.3 Å². The molecule has 5 heteroatoms. The molecule has 1 aromatic carbocycles. The van der Waals surface area contributed by atoms with E-state index in [2.05, 4.69) is 55.3 Å². The van der Waals surface area contributed by atoms with Gasteiger partial charge in [-0.1, -0.05) is 36.8 Å². The summed E-state index contributed by atoms with van der Waals surface area (Å²) in [7, 11) is 0. The fourth-order valence-electron chi connectivity index (χ4n) is 3.72. The molecule has 0 aliphatic carbocycles. The van der Waals surface area contributed by atoms with Gasteiger partial charge in [0.1, 0.15) is 6.10 Å². The Hall–Kier alpha value is -1.59. The molecule has 0 amide bonds. The largest absolute Gasteiger partial charge is 0.375 e. The highest BCUT2D eigenvalue weighted by atomic mass is 16.5. The molecule has 2 aliphatic heterocycles. The summed E-state index contributed by atoms with van der Waals surface area (Å²) in [5.41, 5.74) is 2.65. The van der Waals surface area contributed by atoms with Gasteiger partial charge in [-0.2, -0.15) is 0 Å². The Morgan fingerprint density at radius 2 is 2.15 bits per heavy atom. The summed E-state index contributed by atoms with van der Waals surface area (Å²) in [6.45, 7) is 11.5. The summed E-state index contributed by atoms with van der Waals surface area (Å²) in [5.74, 6) is 1.40. The van der Waals surface area contributed by atoms with E-state index in [1.165, 1.54) is 11.1 Å². The smallest absolute Gasteiger partial charge is 0.194 e. The van der Waals surface area contributed by atoms with Crippen LogP contribution in [-0.4, -0.2) is 62.5 Å². The van der Waals surface area contributed by atoms with Crippen LogP contribution in [0.4, 0.5) is 0 Å². The third kappa shape index (κ3) is 4.98. The lowest BCUT2D eigenvalue weighted by Crippen LogP contribution is -2.53. The third-order valence-electron chi connectivity index (χ3n) is 5.23. The number of nitrogens with zero attached hydrogens (tertiary/aromatic N) is 2. The lowest BCUT2D eigenvalue weighted by atomic mass is 10.00. The number of ether oxygens (including phenoxy) is 2. The molecule has 26 heavy (non-hydrogen) atoms. The number of aliphatic imine (C=N–C) groups is 1. The Bertz CT molecular complexity index is 599. The zero-order valence-corrected chi connectivity index (χ0v) is 16.4. The van der Waals surface area contributed by atoms with Crippen molar-refractivity contribution in [3.05, 3.63) is 35.4 Å². The van der Waals surface area contributed by atoms with Gasteiger partial charge in [0.2, 0.25) is 0 Å². The van der Waals surface area contributed by atoms with Gasteiger partial charge in [-0.15, -0.1) is 0 Å². The maximum Gasteiger partial charge on any atom is 0.194 e. The van der Waals surface area contributed by atoms with Crippen LogP contribution in [0.15, 0.2) is 29.3 Å². The van der Waals surface area contributed by atoms with Crippen LogP contribution in [0.25, 0.3) is 0 Å². The Balaban J connectivity index is 1.64. The van der Waals surface area contributed by atoms with E-state index < -0.39 is 0 Å². The zero-order valence-electron chi connectivity index (χ0n) is 16.4. The fraction of sp³-hybridized carbons (Fsp3) is 0.667. The summed E-state index contributed by atoms with van der Waals surface area (Å²) in [4.78, 5) is 7.27. The Morgan fingerprint density at radius 1 is 1.31 bits per heavy atom. The van der Waals surface area contributed by atoms with E-state index >= 15 is 0 Å². The molecule has 1 N–H and O–H groups in total. The zero-order chi connectivity index (χ0) is 18.4. The van der Waals surface area contributed by atoms with E-state index in [0.29, 0.717) is 5.92 Å². The quantitative estimate of drug-likeness (QED) is 0.649. The van der Waals surface area contributed by atoms with Crippen molar-refractivity contribution in [3.8, 4) is 0 Å². The number of nitrogens with one attached hydrogen (secondary N) is 1. The molecule has 144 valence electrons. The van der Waals surface area contributed by atoms with Crippen LogP contribution in [-0.2, 0) is 9.47 Å². The summed E-state index contributed by atoms with van der Waals surface area (Å²) in [5, 5.41) is 3.46. The molecule has 2 saturated heterocycles. The molecule has 2 fully saturated rings. The molecular weight excluding hydrogens is 326 g/mol. The molecule has 3 rings (SSSR count). The Kier molecular flexibility index (Phi) is 6.92. The fourth-order valence-corrected chi connectivity index (χ4v) is 3.72.